The molecule has 104 valence electrons. The fourth-order valence-electron chi connectivity index (χ4n) is 3.56. The minimum absolute atomic E-state index is 0.570. The Morgan fingerprint density at radius 1 is 1.05 bits per heavy atom. The van der Waals surface area contributed by atoms with Crippen molar-refractivity contribution in [1.82, 2.24) is 5.32 Å². The zero-order chi connectivity index (χ0) is 13.5. The normalized spacial score (nSPS) is 29.9. The number of hydrogen-bond donors (Lipinski definition) is 1. The lowest BCUT2D eigenvalue weighted by molar-refractivity contribution is -0.137. The predicted octanol–water partition coefficient (Wildman–Crippen LogP) is 3.98. The Bertz CT molecular complexity index is 438. The topological polar surface area (TPSA) is 12.0 Å². The van der Waals surface area contributed by atoms with Gasteiger partial charge in [-0.2, -0.15) is 13.2 Å². The molecule has 2 bridgehead atoms. The van der Waals surface area contributed by atoms with Crippen molar-refractivity contribution in [1.29, 1.82) is 0 Å². The molecule has 3 rings (SSSR count). The van der Waals surface area contributed by atoms with Crippen LogP contribution in [0.1, 0.15) is 36.8 Å². The van der Waals surface area contributed by atoms with E-state index in [-0.39, 0.29) is 0 Å². The fourth-order valence-corrected chi connectivity index (χ4v) is 3.56. The average molecular weight is 269 g/mol. The second kappa shape index (κ2) is 4.82. The van der Waals surface area contributed by atoms with Gasteiger partial charge >= 0.3 is 6.18 Å². The van der Waals surface area contributed by atoms with Crippen LogP contribution in [0.5, 0.6) is 0 Å². The molecule has 2 aliphatic rings. The smallest absolute Gasteiger partial charge is 0.310 e. The van der Waals surface area contributed by atoms with Crippen LogP contribution in [0.15, 0.2) is 24.3 Å². The molecule has 1 nitrogen and oxygen atoms in total. The third-order valence-corrected chi connectivity index (χ3v) is 4.59. The van der Waals surface area contributed by atoms with Crippen LogP contribution < -0.4 is 5.32 Å². The van der Waals surface area contributed by atoms with Crippen molar-refractivity contribution < 1.29 is 13.2 Å². The average Bonchev–Trinajstić information content (AvgIpc) is 2.98. The Kier molecular flexibility index (Phi) is 3.29. The molecule has 0 spiro atoms. The van der Waals surface area contributed by atoms with Gasteiger partial charge in [0, 0.05) is 12.6 Å². The molecule has 0 aromatic heterocycles. The highest BCUT2D eigenvalue weighted by Gasteiger charge is 2.39. The van der Waals surface area contributed by atoms with Gasteiger partial charge in [-0.05, 0) is 48.8 Å². The second-order valence-corrected chi connectivity index (χ2v) is 5.86. The Morgan fingerprint density at radius 3 is 2.32 bits per heavy atom. The molecule has 0 aliphatic heterocycles. The number of hydrogen-bond acceptors (Lipinski definition) is 1. The molecule has 0 saturated heterocycles. The van der Waals surface area contributed by atoms with E-state index in [1.54, 1.807) is 12.1 Å². The van der Waals surface area contributed by atoms with E-state index in [0.717, 1.165) is 29.5 Å². The summed E-state index contributed by atoms with van der Waals surface area (Å²) < 4.78 is 37.3. The first-order valence-electron chi connectivity index (χ1n) is 6.92. The third-order valence-electron chi connectivity index (χ3n) is 4.59. The highest BCUT2D eigenvalue weighted by atomic mass is 19.4. The zero-order valence-corrected chi connectivity index (χ0v) is 10.7. The highest BCUT2D eigenvalue weighted by Crippen LogP contribution is 2.44. The number of benzene rings is 1. The molecule has 3 atom stereocenters. The van der Waals surface area contributed by atoms with Gasteiger partial charge in [0.25, 0.3) is 0 Å². The number of nitrogens with one attached hydrogen (secondary N) is 1. The maximum absolute atomic E-state index is 12.4. The van der Waals surface area contributed by atoms with Crippen LogP contribution in [0.3, 0.4) is 0 Å². The van der Waals surface area contributed by atoms with Crippen LogP contribution in [-0.4, -0.2) is 6.04 Å². The molecule has 2 aliphatic carbocycles. The molecule has 3 unspecified atom stereocenters. The summed E-state index contributed by atoms with van der Waals surface area (Å²) in [6, 6.07) is 6.04. The summed E-state index contributed by atoms with van der Waals surface area (Å²) in [4.78, 5) is 0. The Morgan fingerprint density at radius 2 is 1.79 bits per heavy atom. The van der Waals surface area contributed by atoms with Crippen LogP contribution in [0.2, 0.25) is 0 Å². The van der Waals surface area contributed by atoms with Crippen molar-refractivity contribution in [2.24, 2.45) is 11.8 Å². The van der Waals surface area contributed by atoms with E-state index in [1.165, 1.54) is 25.7 Å². The van der Waals surface area contributed by atoms with E-state index in [1.807, 2.05) is 0 Å². The molecule has 1 aromatic carbocycles. The van der Waals surface area contributed by atoms with Crippen LogP contribution >= 0.6 is 0 Å². The van der Waals surface area contributed by atoms with Gasteiger partial charge in [-0.25, -0.2) is 0 Å². The first-order valence-corrected chi connectivity index (χ1v) is 6.92. The SMILES string of the molecule is FC(F)(F)c1ccc(CNC2CC3CCC2C3)cc1. The van der Waals surface area contributed by atoms with Crippen molar-refractivity contribution in [2.45, 2.75) is 44.4 Å². The quantitative estimate of drug-likeness (QED) is 0.875. The minimum atomic E-state index is -4.24. The second-order valence-electron chi connectivity index (χ2n) is 5.86. The standard InChI is InChI=1S/C15H18F3N/c16-15(17,18)13-5-2-10(3-6-13)9-19-14-8-11-1-4-12(14)7-11/h2-3,5-6,11-12,14,19H,1,4,7-9H2. The maximum atomic E-state index is 12.4. The number of alkyl halides is 3. The van der Waals surface area contributed by atoms with Gasteiger partial charge in [0.15, 0.2) is 0 Å². The molecule has 0 radical (unpaired) electrons. The summed E-state index contributed by atoms with van der Waals surface area (Å²) in [5.74, 6) is 1.68. The van der Waals surface area contributed by atoms with Gasteiger partial charge in [0.1, 0.15) is 0 Å². The molecule has 19 heavy (non-hydrogen) atoms. The largest absolute Gasteiger partial charge is 0.416 e. The molecule has 4 heteroatoms. The third kappa shape index (κ3) is 2.78. The van der Waals surface area contributed by atoms with Crippen LogP contribution in [0, 0.1) is 11.8 Å². The molecule has 1 N–H and O–H groups in total. The zero-order valence-electron chi connectivity index (χ0n) is 10.7. The summed E-state index contributed by atoms with van der Waals surface area (Å²) in [7, 11) is 0. The van der Waals surface area contributed by atoms with E-state index in [9.17, 15) is 13.2 Å². The van der Waals surface area contributed by atoms with Crippen LogP contribution in [0.4, 0.5) is 13.2 Å². The number of halogens is 3. The van der Waals surface area contributed by atoms with Crippen molar-refractivity contribution in [2.75, 3.05) is 0 Å². The monoisotopic (exact) mass is 269 g/mol. The highest BCUT2D eigenvalue weighted by molar-refractivity contribution is 5.24. The molecule has 1 aromatic rings. The first-order chi connectivity index (χ1) is 9.02. The van der Waals surface area contributed by atoms with Gasteiger partial charge in [-0.15, -0.1) is 0 Å². The summed E-state index contributed by atoms with van der Waals surface area (Å²) in [5.41, 5.74) is 0.354. The maximum Gasteiger partial charge on any atom is 0.416 e. The van der Waals surface area contributed by atoms with Gasteiger partial charge in [0.2, 0.25) is 0 Å². The van der Waals surface area contributed by atoms with Gasteiger partial charge in [-0.1, -0.05) is 18.6 Å². The van der Waals surface area contributed by atoms with E-state index in [2.05, 4.69) is 5.32 Å². The fraction of sp³-hybridized carbons (Fsp3) is 0.600. The van der Waals surface area contributed by atoms with E-state index >= 15 is 0 Å². The summed E-state index contributed by atoms with van der Waals surface area (Å²) >= 11 is 0. The summed E-state index contributed by atoms with van der Waals surface area (Å²) in [6.07, 6.45) is 1.02. The lowest BCUT2D eigenvalue weighted by Gasteiger charge is -2.23. The number of fused-ring (bicyclic) bond motifs is 2. The molecule has 0 amide bonds. The summed E-state index contributed by atoms with van der Waals surface area (Å²) in [5, 5.41) is 3.51. The number of rotatable bonds is 3. The van der Waals surface area contributed by atoms with Gasteiger partial charge in [-0.3, -0.25) is 0 Å². The van der Waals surface area contributed by atoms with Crippen molar-refractivity contribution in [3.63, 3.8) is 0 Å². The van der Waals surface area contributed by atoms with Crippen LogP contribution in [-0.2, 0) is 12.7 Å². The van der Waals surface area contributed by atoms with Crippen molar-refractivity contribution in [3.05, 3.63) is 35.4 Å². The molecular weight excluding hydrogens is 251 g/mol. The van der Waals surface area contributed by atoms with Crippen LogP contribution in [0.25, 0.3) is 0 Å². The molecule has 0 heterocycles. The summed E-state index contributed by atoms with van der Waals surface area (Å²) in [6.45, 7) is 0.673. The van der Waals surface area contributed by atoms with Crippen molar-refractivity contribution >= 4 is 0 Å². The van der Waals surface area contributed by atoms with Gasteiger partial charge < -0.3 is 5.32 Å². The predicted molar refractivity (Wildman–Crippen MR) is 67.5 cm³/mol. The van der Waals surface area contributed by atoms with E-state index < -0.39 is 11.7 Å². The van der Waals surface area contributed by atoms with Crippen molar-refractivity contribution in [3.8, 4) is 0 Å². The lowest BCUT2D eigenvalue weighted by Crippen LogP contribution is -2.33. The lowest BCUT2D eigenvalue weighted by atomic mass is 9.95. The Hall–Kier alpha value is -1.03. The van der Waals surface area contributed by atoms with E-state index in [4.69, 9.17) is 0 Å². The van der Waals surface area contributed by atoms with Gasteiger partial charge in [0.05, 0.1) is 5.56 Å². The van der Waals surface area contributed by atoms with E-state index in [0.29, 0.717) is 12.6 Å². The Labute approximate surface area is 111 Å². The molecule has 2 saturated carbocycles. The first kappa shape index (κ1) is 13.0. The Balaban J connectivity index is 1.56. The minimum Gasteiger partial charge on any atom is -0.310 e. The molecular formula is C15H18F3N. The molecule has 2 fully saturated rings.